The van der Waals surface area contributed by atoms with Gasteiger partial charge in [0.1, 0.15) is 5.76 Å². The first-order valence-electron chi connectivity index (χ1n) is 6.44. The zero-order valence-corrected chi connectivity index (χ0v) is 11.1. The molecule has 5 heteroatoms. The number of furan rings is 1. The molecule has 0 bridgehead atoms. The Morgan fingerprint density at radius 2 is 2.05 bits per heavy atom. The van der Waals surface area contributed by atoms with Crippen LogP contribution in [-0.4, -0.2) is 16.1 Å². The number of amides is 1. The summed E-state index contributed by atoms with van der Waals surface area (Å²) in [6.45, 7) is 0. The summed E-state index contributed by atoms with van der Waals surface area (Å²) in [4.78, 5) is 11.8. The molecule has 0 fully saturated rings. The number of aromatic nitrogens is 2. The lowest BCUT2D eigenvalue weighted by Crippen LogP contribution is -2.07. The van der Waals surface area contributed by atoms with Crippen LogP contribution in [0, 0.1) is 0 Å². The fourth-order valence-electron chi connectivity index (χ4n) is 1.88. The van der Waals surface area contributed by atoms with Crippen LogP contribution in [0.2, 0.25) is 0 Å². The topological polar surface area (TPSA) is 70.9 Å². The van der Waals surface area contributed by atoms with Crippen molar-refractivity contribution in [1.29, 1.82) is 0 Å². The van der Waals surface area contributed by atoms with E-state index < -0.39 is 0 Å². The van der Waals surface area contributed by atoms with Crippen LogP contribution in [-0.2, 0) is 4.79 Å². The van der Waals surface area contributed by atoms with E-state index in [1.54, 1.807) is 30.7 Å². The van der Waals surface area contributed by atoms with E-state index in [9.17, 15) is 4.79 Å². The minimum atomic E-state index is -0.208. The van der Waals surface area contributed by atoms with Gasteiger partial charge in [0.25, 0.3) is 0 Å². The Hall–Kier alpha value is -3.08. The van der Waals surface area contributed by atoms with Crippen molar-refractivity contribution in [3.63, 3.8) is 0 Å². The number of H-pyrrole nitrogens is 1. The van der Waals surface area contributed by atoms with Gasteiger partial charge in [0.05, 0.1) is 12.0 Å². The van der Waals surface area contributed by atoms with Gasteiger partial charge in [0.2, 0.25) is 5.91 Å². The average molecular weight is 279 g/mol. The quantitative estimate of drug-likeness (QED) is 0.720. The van der Waals surface area contributed by atoms with Crippen LogP contribution in [0.15, 0.2) is 65.4 Å². The van der Waals surface area contributed by atoms with Gasteiger partial charge in [0.15, 0.2) is 0 Å². The highest BCUT2D eigenvalue weighted by Gasteiger charge is 2.01. The first-order valence-corrected chi connectivity index (χ1v) is 6.44. The molecule has 2 heterocycles. The van der Waals surface area contributed by atoms with Crippen molar-refractivity contribution in [1.82, 2.24) is 10.2 Å². The SMILES string of the molecule is O=C(/C=C/c1ccco1)Nc1ccc(-c2ccn[nH]2)cc1. The summed E-state index contributed by atoms with van der Waals surface area (Å²) in [5.41, 5.74) is 2.68. The van der Waals surface area contributed by atoms with Crippen LogP contribution in [0.3, 0.4) is 0 Å². The average Bonchev–Trinajstić information content (AvgIpc) is 3.19. The lowest BCUT2D eigenvalue weighted by Gasteiger charge is -2.03. The molecule has 1 amide bonds. The zero-order chi connectivity index (χ0) is 14.5. The van der Waals surface area contributed by atoms with Gasteiger partial charge >= 0.3 is 0 Å². The Kier molecular flexibility index (Phi) is 3.64. The summed E-state index contributed by atoms with van der Waals surface area (Å²) < 4.78 is 5.11. The Labute approximate surface area is 121 Å². The molecule has 1 aromatic carbocycles. The molecular weight excluding hydrogens is 266 g/mol. The second kappa shape index (κ2) is 5.92. The molecule has 0 aliphatic carbocycles. The van der Waals surface area contributed by atoms with Crippen LogP contribution in [0.4, 0.5) is 5.69 Å². The van der Waals surface area contributed by atoms with E-state index in [4.69, 9.17) is 4.42 Å². The Balaban J connectivity index is 1.64. The lowest BCUT2D eigenvalue weighted by molar-refractivity contribution is -0.111. The number of aromatic amines is 1. The van der Waals surface area contributed by atoms with Gasteiger partial charge in [-0.2, -0.15) is 5.10 Å². The van der Waals surface area contributed by atoms with E-state index in [0.717, 1.165) is 16.9 Å². The van der Waals surface area contributed by atoms with Crippen molar-refractivity contribution < 1.29 is 9.21 Å². The number of hydrogen-bond acceptors (Lipinski definition) is 3. The number of anilines is 1. The third-order valence-corrected chi connectivity index (χ3v) is 2.91. The minimum absolute atomic E-state index is 0.208. The van der Waals surface area contributed by atoms with Crippen LogP contribution in [0.5, 0.6) is 0 Å². The number of carbonyl (C=O) groups is 1. The molecule has 0 atom stereocenters. The predicted molar refractivity (Wildman–Crippen MR) is 80.4 cm³/mol. The molecule has 0 saturated heterocycles. The minimum Gasteiger partial charge on any atom is -0.465 e. The van der Waals surface area contributed by atoms with Crippen molar-refractivity contribution in [2.24, 2.45) is 0 Å². The monoisotopic (exact) mass is 279 g/mol. The maximum Gasteiger partial charge on any atom is 0.248 e. The molecule has 21 heavy (non-hydrogen) atoms. The Bertz CT molecular complexity index is 726. The molecule has 104 valence electrons. The molecule has 0 spiro atoms. The molecule has 5 nitrogen and oxygen atoms in total. The molecule has 3 aromatic rings. The van der Waals surface area contributed by atoms with Crippen molar-refractivity contribution in [3.8, 4) is 11.3 Å². The van der Waals surface area contributed by atoms with E-state index >= 15 is 0 Å². The summed E-state index contributed by atoms with van der Waals surface area (Å²) >= 11 is 0. The highest BCUT2D eigenvalue weighted by Crippen LogP contribution is 2.18. The fourth-order valence-corrected chi connectivity index (χ4v) is 1.88. The molecule has 2 N–H and O–H groups in total. The summed E-state index contributed by atoms with van der Waals surface area (Å²) in [5.74, 6) is 0.431. The highest BCUT2D eigenvalue weighted by atomic mass is 16.3. The van der Waals surface area contributed by atoms with Crippen LogP contribution in [0.1, 0.15) is 5.76 Å². The van der Waals surface area contributed by atoms with Gasteiger partial charge in [-0.3, -0.25) is 9.89 Å². The molecular formula is C16H13N3O2. The highest BCUT2D eigenvalue weighted by molar-refractivity contribution is 6.01. The number of benzene rings is 1. The van der Waals surface area contributed by atoms with Crippen LogP contribution in [0.25, 0.3) is 17.3 Å². The van der Waals surface area contributed by atoms with Gasteiger partial charge < -0.3 is 9.73 Å². The standard InChI is InChI=1S/C16H13N3O2/c20-16(8-7-14-2-1-11-21-14)18-13-5-3-12(4-6-13)15-9-10-17-19-15/h1-11H,(H,17,19)(H,18,20)/b8-7+. The first kappa shape index (κ1) is 12.9. The fraction of sp³-hybridized carbons (Fsp3) is 0. The van der Waals surface area contributed by atoms with E-state index in [1.165, 1.54) is 6.08 Å². The van der Waals surface area contributed by atoms with Crippen LogP contribution < -0.4 is 5.32 Å². The third-order valence-electron chi connectivity index (χ3n) is 2.91. The molecule has 2 aromatic heterocycles. The largest absolute Gasteiger partial charge is 0.465 e. The lowest BCUT2D eigenvalue weighted by atomic mass is 10.1. The molecule has 0 radical (unpaired) electrons. The second-order valence-corrected chi connectivity index (χ2v) is 4.39. The number of nitrogens with one attached hydrogen (secondary N) is 2. The maximum absolute atomic E-state index is 11.8. The number of rotatable bonds is 4. The van der Waals surface area contributed by atoms with E-state index in [2.05, 4.69) is 15.5 Å². The Morgan fingerprint density at radius 3 is 2.71 bits per heavy atom. The van der Waals surface area contributed by atoms with E-state index in [-0.39, 0.29) is 5.91 Å². The molecule has 0 saturated carbocycles. The summed E-state index contributed by atoms with van der Waals surface area (Å²) in [6, 6.07) is 13.0. The van der Waals surface area contributed by atoms with Gasteiger partial charge in [-0.25, -0.2) is 0 Å². The predicted octanol–water partition coefficient (Wildman–Crippen LogP) is 3.32. The van der Waals surface area contributed by atoms with Gasteiger partial charge in [0, 0.05) is 18.0 Å². The number of carbonyl (C=O) groups excluding carboxylic acids is 1. The summed E-state index contributed by atoms with van der Waals surface area (Å²) in [6.07, 6.45) is 6.31. The smallest absolute Gasteiger partial charge is 0.248 e. The van der Waals surface area contributed by atoms with Gasteiger partial charge in [-0.1, -0.05) is 12.1 Å². The van der Waals surface area contributed by atoms with Crippen molar-refractivity contribution in [2.45, 2.75) is 0 Å². The summed E-state index contributed by atoms with van der Waals surface area (Å²) in [5, 5.41) is 9.58. The normalized spacial score (nSPS) is 10.9. The van der Waals surface area contributed by atoms with Gasteiger partial charge in [-0.05, 0) is 42.0 Å². The van der Waals surface area contributed by atoms with Crippen LogP contribution >= 0.6 is 0 Å². The molecule has 0 unspecified atom stereocenters. The zero-order valence-electron chi connectivity index (χ0n) is 11.1. The van der Waals surface area contributed by atoms with Crippen molar-refractivity contribution in [2.75, 3.05) is 5.32 Å². The Morgan fingerprint density at radius 1 is 1.19 bits per heavy atom. The molecule has 0 aliphatic rings. The van der Waals surface area contributed by atoms with Crippen molar-refractivity contribution in [3.05, 3.63) is 66.8 Å². The number of nitrogens with zero attached hydrogens (tertiary/aromatic N) is 1. The molecule has 3 rings (SSSR count). The maximum atomic E-state index is 11.8. The van der Waals surface area contributed by atoms with E-state index in [0.29, 0.717) is 5.76 Å². The van der Waals surface area contributed by atoms with E-state index in [1.807, 2.05) is 30.3 Å². The third kappa shape index (κ3) is 3.27. The first-order chi connectivity index (χ1) is 10.3. The number of hydrogen-bond donors (Lipinski definition) is 2. The second-order valence-electron chi connectivity index (χ2n) is 4.39. The molecule has 0 aliphatic heterocycles. The summed E-state index contributed by atoms with van der Waals surface area (Å²) in [7, 11) is 0. The van der Waals surface area contributed by atoms with Crippen molar-refractivity contribution >= 4 is 17.7 Å². The van der Waals surface area contributed by atoms with Gasteiger partial charge in [-0.15, -0.1) is 0 Å².